The van der Waals surface area contributed by atoms with Crippen LogP contribution in [-0.2, 0) is 0 Å². The molecule has 1 saturated carbocycles. The Morgan fingerprint density at radius 3 is 2.67 bits per heavy atom. The number of nitrogens with one attached hydrogen (secondary N) is 2. The van der Waals surface area contributed by atoms with Crippen molar-refractivity contribution in [1.29, 1.82) is 0 Å². The third-order valence-electron chi connectivity index (χ3n) is 5.68. The smallest absolute Gasteiger partial charge is 0.273 e. The summed E-state index contributed by atoms with van der Waals surface area (Å²) in [5, 5.41) is 14.9. The van der Waals surface area contributed by atoms with E-state index in [0.717, 1.165) is 38.2 Å². The molecule has 1 aromatic rings. The lowest BCUT2D eigenvalue weighted by Crippen LogP contribution is -2.43. The minimum atomic E-state index is -0.0669. The number of nitrogens with zero attached hydrogens (tertiary/aromatic N) is 3. The standard InChI is InChI=1S/C18H31N5O/c1-13(2)11-18(7-4-8-18)12-20-17(24)16-14(3)23(22-21-16)15-5-9-19-10-6-15/h13,15,19H,4-12H2,1-3H3,(H,20,24). The molecule has 1 saturated heterocycles. The summed E-state index contributed by atoms with van der Waals surface area (Å²) in [4.78, 5) is 12.6. The summed E-state index contributed by atoms with van der Waals surface area (Å²) in [6, 6.07) is 0.360. The van der Waals surface area contributed by atoms with Gasteiger partial charge in [-0.25, -0.2) is 4.68 Å². The van der Waals surface area contributed by atoms with Gasteiger partial charge in [0.2, 0.25) is 0 Å². The number of aromatic nitrogens is 3. The van der Waals surface area contributed by atoms with E-state index < -0.39 is 0 Å². The maximum atomic E-state index is 12.6. The first-order valence-corrected chi connectivity index (χ1v) is 9.41. The topological polar surface area (TPSA) is 71.8 Å². The molecule has 2 N–H and O–H groups in total. The Bertz CT molecular complexity index is 570. The van der Waals surface area contributed by atoms with E-state index in [1.165, 1.54) is 25.7 Å². The van der Waals surface area contributed by atoms with E-state index in [2.05, 4.69) is 34.8 Å². The molecule has 1 aliphatic carbocycles. The molecule has 1 aromatic heterocycles. The summed E-state index contributed by atoms with van der Waals surface area (Å²) in [7, 11) is 0. The van der Waals surface area contributed by atoms with E-state index in [1.807, 2.05) is 11.6 Å². The summed E-state index contributed by atoms with van der Waals surface area (Å²) in [6.07, 6.45) is 7.02. The van der Waals surface area contributed by atoms with Crippen LogP contribution in [0.1, 0.15) is 74.6 Å². The molecule has 1 amide bonds. The fraction of sp³-hybridized carbons (Fsp3) is 0.833. The minimum Gasteiger partial charge on any atom is -0.350 e. The number of rotatable bonds is 6. The zero-order valence-electron chi connectivity index (χ0n) is 15.3. The first kappa shape index (κ1) is 17.4. The zero-order chi connectivity index (χ0) is 17.2. The predicted octanol–water partition coefficient (Wildman–Crippen LogP) is 2.46. The maximum absolute atomic E-state index is 12.6. The van der Waals surface area contributed by atoms with Gasteiger partial charge in [-0.1, -0.05) is 25.5 Å². The highest BCUT2D eigenvalue weighted by Crippen LogP contribution is 2.45. The largest absolute Gasteiger partial charge is 0.350 e. The number of carbonyl (C=O) groups excluding carboxylic acids is 1. The van der Waals surface area contributed by atoms with Crippen molar-refractivity contribution in [2.45, 2.75) is 65.3 Å². The number of amides is 1. The van der Waals surface area contributed by atoms with Crippen molar-refractivity contribution in [2.24, 2.45) is 11.3 Å². The average Bonchev–Trinajstić information content (AvgIpc) is 2.92. The molecule has 0 unspecified atom stereocenters. The van der Waals surface area contributed by atoms with Crippen LogP contribution in [0.4, 0.5) is 0 Å². The Morgan fingerprint density at radius 2 is 2.08 bits per heavy atom. The summed E-state index contributed by atoms with van der Waals surface area (Å²) in [5.74, 6) is 0.604. The predicted molar refractivity (Wildman–Crippen MR) is 94.0 cm³/mol. The van der Waals surface area contributed by atoms with Crippen LogP contribution in [0.2, 0.25) is 0 Å². The van der Waals surface area contributed by atoms with Gasteiger partial charge in [-0.3, -0.25) is 4.79 Å². The second-order valence-electron chi connectivity index (χ2n) is 8.08. The van der Waals surface area contributed by atoms with E-state index >= 15 is 0 Å². The van der Waals surface area contributed by atoms with E-state index in [9.17, 15) is 4.79 Å². The van der Waals surface area contributed by atoms with Crippen LogP contribution in [0.3, 0.4) is 0 Å². The zero-order valence-corrected chi connectivity index (χ0v) is 15.3. The first-order chi connectivity index (χ1) is 11.5. The summed E-state index contributed by atoms with van der Waals surface area (Å²) >= 11 is 0. The van der Waals surface area contributed by atoms with Crippen molar-refractivity contribution in [3.8, 4) is 0 Å². The number of piperidine rings is 1. The number of carbonyl (C=O) groups is 1. The molecule has 2 fully saturated rings. The molecule has 0 atom stereocenters. The van der Waals surface area contributed by atoms with E-state index in [-0.39, 0.29) is 5.91 Å². The van der Waals surface area contributed by atoms with Crippen molar-refractivity contribution in [1.82, 2.24) is 25.6 Å². The van der Waals surface area contributed by atoms with Gasteiger partial charge in [0.1, 0.15) is 0 Å². The highest BCUT2D eigenvalue weighted by molar-refractivity contribution is 5.93. The number of hydrogen-bond donors (Lipinski definition) is 2. The Balaban J connectivity index is 1.62. The van der Waals surface area contributed by atoms with Gasteiger partial charge in [0.15, 0.2) is 5.69 Å². The molecular weight excluding hydrogens is 302 g/mol. The molecule has 24 heavy (non-hydrogen) atoms. The summed E-state index contributed by atoms with van der Waals surface area (Å²) in [5.41, 5.74) is 1.70. The monoisotopic (exact) mass is 333 g/mol. The second kappa shape index (κ2) is 7.21. The molecule has 2 aliphatic rings. The van der Waals surface area contributed by atoms with Gasteiger partial charge >= 0.3 is 0 Å². The van der Waals surface area contributed by atoms with Crippen molar-refractivity contribution < 1.29 is 4.79 Å². The molecule has 0 radical (unpaired) electrons. The average molecular weight is 333 g/mol. The van der Waals surface area contributed by atoms with Gasteiger partial charge in [0.05, 0.1) is 11.7 Å². The maximum Gasteiger partial charge on any atom is 0.273 e. The summed E-state index contributed by atoms with van der Waals surface area (Å²) < 4.78 is 1.95. The lowest BCUT2D eigenvalue weighted by molar-refractivity contribution is 0.0776. The molecular formula is C18H31N5O. The van der Waals surface area contributed by atoms with Crippen LogP contribution < -0.4 is 10.6 Å². The second-order valence-corrected chi connectivity index (χ2v) is 8.08. The lowest BCUT2D eigenvalue weighted by atomic mass is 9.64. The van der Waals surface area contributed by atoms with Gasteiger partial charge in [0, 0.05) is 6.54 Å². The fourth-order valence-electron chi connectivity index (χ4n) is 4.30. The van der Waals surface area contributed by atoms with Gasteiger partial charge in [0.25, 0.3) is 5.91 Å². The van der Waals surface area contributed by atoms with Crippen LogP contribution in [0.25, 0.3) is 0 Å². The highest BCUT2D eigenvalue weighted by atomic mass is 16.2. The highest BCUT2D eigenvalue weighted by Gasteiger charge is 2.37. The van der Waals surface area contributed by atoms with E-state index in [4.69, 9.17) is 0 Å². The Morgan fingerprint density at radius 1 is 1.38 bits per heavy atom. The molecule has 134 valence electrons. The Kier molecular flexibility index (Phi) is 5.23. The van der Waals surface area contributed by atoms with Crippen molar-refractivity contribution in [3.63, 3.8) is 0 Å². The molecule has 3 rings (SSSR count). The molecule has 6 heteroatoms. The Hall–Kier alpha value is -1.43. The van der Waals surface area contributed by atoms with Crippen LogP contribution in [-0.4, -0.2) is 40.5 Å². The molecule has 0 spiro atoms. The van der Waals surface area contributed by atoms with Crippen LogP contribution in [0.15, 0.2) is 0 Å². The van der Waals surface area contributed by atoms with Crippen molar-refractivity contribution in [2.75, 3.05) is 19.6 Å². The van der Waals surface area contributed by atoms with Gasteiger partial charge in [-0.05, 0) is 63.5 Å². The van der Waals surface area contributed by atoms with Gasteiger partial charge < -0.3 is 10.6 Å². The first-order valence-electron chi connectivity index (χ1n) is 9.41. The van der Waals surface area contributed by atoms with E-state index in [0.29, 0.717) is 23.1 Å². The fourth-order valence-corrected chi connectivity index (χ4v) is 4.30. The molecule has 0 aromatic carbocycles. The van der Waals surface area contributed by atoms with Gasteiger partial charge in [-0.15, -0.1) is 5.10 Å². The lowest BCUT2D eigenvalue weighted by Gasteiger charge is -2.43. The Labute approximate surface area is 144 Å². The van der Waals surface area contributed by atoms with E-state index in [1.54, 1.807) is 0 Å². The van der Waals surface area contributed by atoms with Crippen LogP contribution >= 0.6 is 0 Å². The molecule has 0 bridgehead atoms. The van der Waals surface area contributed by atoms with Crippen LogP contribution in [0.5, 0.6) is 0 Å². The molecule has 6 nitrogen and oxygen atoms in total. The van der Waals surface area contributed by atoms with Crippen LogP contribution in [0, 0.1) is 18.3 Å². The normalized spacial score (nSPS) is 20.8. The number of hydrogen-bond acceptors (Lipinski definition) is 4. The third-order valence-corrected chi connectivity index (χ3v) is 5.68. The minimum absolute atomic E-state index is 0.0669. The quantitative estimate of drug-likeness (QED) is 0.839. The van der Waals surface area contributed by atoms with Crippen molar-refractivity contribution in [3.05, 3.63) is 11.4 Å². The molecule has 2 heterocycles. The SMILES string of the molecule is Cc1c(C(=O)NCC2(CC(C)C)CCC2)nnn1C1CCNCC1. The third kappa shape index (κ3) is 3.63. The summed E-state index contributed by atoms with van der Waals surface area (Å²) in [6.45, 7) is 9.26. The van der Waals surface area contributed by atoms with Crippen molar-refractivity contribution >= 4 is 5.91 Å². The van der Waals surface area contributed by atoms with Gasteiger partial charge in [-0.2, -0.15) is 0 Å². The molecule has 1 aliphatic heterocycles.